The average Bonchev–Trinajstić information content (AvgIpc) is 2.59. The van der Waals surface area contributed by atoms with E-state index in [0.29, 0.717) is 6.54 Å². The van der Waals surface area contributed by atoms with E-state index in [0.717, 1.165) is 13.1 Å². The molecule has 3 nitrogen and oxygen atoms in total. The van der Waals surface area contributed by atoms with Gasteiger partial charge >= 0.3 is 6.03 Å². The molecule has 1 fully saturated rings. The smallest absolute Gasteiger partial charge is 0.317 e. The Labute approximate surface area is 90.1 Å². The minimum atomic E-state index is 0.0493. The van der Waals surface area contributed by atoms with Gasteiger partial charge in [-0.05, 0) is 30.5 Å². The number of carbonyl (C=O) groups excluding carboxylic acids is 1. The van der Waals surface area contributed by atoms with Crippen LogP contribution in [-0.4, -0.2) is 24.0 Å². The summed E-state index contributed by atoms with van der Waals surface area (Å²) in [5.74, 6) is 0. The van der Waals surface area contributed by atoms with E-state index in [1.54, 1.807) is 0 Å². The number of aryl methyl sites for hydroxylation is 2. The molecule has 0 radical (unpaired) electrons. The molecule has 0 aliphatic carbocycles. The number of carbonyl (C=O) groups is 1. The van der Waals surface area contributed by atoms with Gasteiger partial charge in [-0.2, -0.15) is 0 Å². The van der Waals surface area contributed by atoms with Gasteiger partial charge in [0.15, 0.2) is 0 Å². The van der Waals surface area contributed by atoms with Crippen molar-refractivity contribution < 1.29 is 4.79 Å². The van der Waals surface area contributed by atoms with Crippen molar-refractivity contribution in [3.63, 3.8) is 0 Å². The van der Waals surface area contributed by atoms with Crippen LogP contribution in [0.25, 0.3) is 0 Å². The molecule has 1 aliphatic heterocycles. The second kappa shape index (κ2) is 3.93. The molecule has 3 heteroatoms. The van der Waals surface area contributed by atoms with E-state index in [1.165, 1.54) is 16.7 Å². The Morgan fingerprint density at radius 1 is 1.33 bits per heavy atom. The Hall–Kier alpha value is -1.51. The maximum atomic E-state index is 11.3. The van der Waals surface area contributed by atoms with Gasteiger partial charge in [0.25, 0.3) is 0 Å². The van der Waals surface area contributed by atoms with Crippen molar-refractivity contribution in [3.05, 3.63) is 34.9 Å². The lowest BCUT2D eigenvalue weighted by molar-refractivity contribution is 0.215. The van der Waals surface area contributed by atoms with Gasteiger partial charge in [-0.25, -0.2) is 4.79 Å². The van der Waals surface area contributed by atoms with Crippen LogP contribution in [-0.2, 0) is 6.54 Å². The summed E-state index contributed by atoms with van der Waals surface area (Å²) in [6.07, 6.45) is 0. The predicted octanol–water partition coefficient (Wildman–Crippen LogP) is 1.83. The van der Waals surface area contributed by atoms with Gasteiger partial charge in [0.2, 0.25) is 0 Å². The van der Waals surface area contributed by atoms with Crippen LogP contribution in [0.4, 0.5) is 4.79 Å². The number of hydrogen-bond acceptors (Lipinski definition) is 1. The van der Waals surface area contributed by atoms with Crippen molar-refractivity contribution in [2.45, 2.75) is 20.4 Å². The van der Waals surface area contributed by atoms with Gasteiger partial charge < -0.3 is 10.2 Å². The molecule has 1 aliphatic rings. The first-order valence-electron chi connectivity index (χ1n) is 5.26. The second-order valence-corrected chi connectivity index (χ2v) is 4.07. The maximum absolute atomic E-state index is 11.3. The molecule has 1 saturated heterocycles. The molecule has 1 aromatic carbocycles. The number of benzene rings is 1. The molecule has 2 rings (SSSR count). The summed E-state index contributed by atoms with van der Waals surface area (Å²) in [5, 5.41) is 2.80. The minimum Gasteiger partial charge on any atom is -0.336 e. The van der Waals surface area contributed by atoms with Crippen LogP contribution < -0.4 is 5.32 Å². The lowest BCUT2D eigenvalue weighted by Gasteiger charge is -2.14. The highest BCUT2D eigenvalue weighted by Gasteiger charge is 2.19. The molecule has 2 amide bonds. The van der Waals surface area contributed by atoms with Crippen LogP contribution in [0.5, 0.6) is 0 Å². The summed E-state index contributed by atoms with van der Waals surface area (Å²) in [6, 6.07) is 6.40. The summed E-state index contributed by atoms with van der Waals surface area (Å²) in [6.45, 7) is 6.49. The molecule has 1 heterocycles. The number of rotatable bonds is 2. The molecule has 80 valence electrons. The van der Waals surface area contributed by atoms with Crippen molar-refractivity contribution in [2.75, 3.05) is 13.1 Å². The summed E-state index contributed by atoms with van der Waals surface area (Å²) in [7, 11) is 0. The third-order valence-electron chi connectivity index (χ3n) is 2.89. The number of urea groups is 1. The highest BCUT2D eigenvalue weighted by atomic mass is 16.2. The van der Waals surface area contributed by atoms with Gasteiger partial charge in [0.1, 0.15) is 0 Å². The SMILES string of the molecule is Cc1ccc(CN2CCNC2=O)cc1C. The summed E-state index contributed by atoms with van der Waals surface area (Å²) >= 11 is 0. The van der Waals surface area contributed by atoms with E-state index < -0.39 is 0 Å². The number of amides is 2. The Morgan fingerprint density at radius 2 is 2.13 bits per heavy atom. The first-order valence-corrected chi connectivity index (χ1v) is 5.26. The van der Waals surface area contributed by atoms with Crippen molar-refractivity contribution in [2.24, 2.45) is 0 Å². The monoisotopic (exact) mass is 204 g/mol. The van der Waals surface area contributed by atoms with Gasteiger partial charge in [0, 0.05) is 19.6 Å². The van der Waals surface area contributed by atoms with Crippen LogP contribution in [0.3, 0.4) is 0 Å². The summed E-state index contributed by atoms with van der Waals surface area (Å²) in [4.78, 5) is 13.2. The van der Waals surface area contributed by atoms with Crippen molar-refractivity contribution in [1.82, 2.24) is 10.2 Å². The fraction of sp³-hybridized carbons (Fsp3) is 0.417. The van der Waals surface area contributed by atoms with E-state index in [1.807, 2.05) is 4.90 Å². The molecule has 1 N–H and O–H groups in total. The average molecular weight is 204 g/mol. The van der Waals surface area contributed by atoms with E-state index in [4.69, 9.17) is 0 Å². The van der Waals surface area contributed by atoms with Crippen molar-refractivity contribution in [1.29, 1.82) is 0 Å². The lowest BCUT2D eigenvalue weighted by atomic mass is 10.1. The Kier molecular flexibility index (Phi) is 2.62. The zero-order valence-corrected chi connectivity index (χ0v) is 9.21. The quantitative estimate of drug-likeness (QED) is 0.783. The van der Waals surface area contributed by atoms with Gasteiger partial charge in [-0.15, -0.1) is 0 Å². The van der Waals surface area contributed by atoms with Crippen molar-refractivity contribution >= 4 is 6.03 Å². The van der Waals surface area contributed by atoms with Gasteiger partial charge in [-0.1, -0.05) is 18.2 Å². The normalized spacial score (nSPS) is 15.6. The highest BCUT2D eigenvalue weighted by Crippen LogP contribution is 2.12. The van der Waals surface area contributed by atoms with Crippen molar-refractivity contribution in [3.8, 4) is 0 Å². The highest BCUT2D eigenvalue weighted by molar-refractivity contribution is 5.76. The Bertz CT molecular complexity index is 387. The van der Waals surface area contributed by atoms with Gasteiger partial charge in [-0.3, -0.25) is 0 Å². The van der Waals surface area contributed by atoms with Crippen LogP contribution in [0.2, 0.25) is 0 Å². The summed E-state index contributed by atoms with van der Waals surface area (Å²) in [5.41, 5.74) is 3.78. The molecule has 0 unspecified atom stereocenters. The summed E-state index contributed by atoms with van der Waals surface area (Å²) < 4.78 is 0. The number of nitrogens with zero attached hydrogens (tertiary/aromatic N) is 1. The topological polar surface area (TPSA) is 32.3 Å². The number of hydrogen-bond donors (Lipinski definition) is 1. The zero-order valence-electron chi connectivity index (χ0n) is 9.21. The van der Waals surface area contributed by atoms with Crippen LogP contribution in [0, 0.1) is 13.8 Å². The molecule has 0 atom stereocenters. The zero-order chi connectivity index (χ0) is 10.8. The third kappa shape index (κ3) is 2.12. The van der Waals surface area contributed by atoms with Crippen LogP contribution in [0.15, 0.2) is 18.2 Å². The standard InChI is InChI=1S/C12H16N2O/c1-9-3-4-11(7-10(9)2)8-14-6-5-13-12(14)15/h3-4,7H,5-6,8H2,1-2H3,(H,13,15). The lowest BCUT2D eigenvalue weighted by Crippen LogP contribution is -2.27. The predicted molar refractivity (Wildman–Crippen MR) is 59.7 cm³/mol. The Morgan fingerprint density at radius 3 is 2.73 bits per heavy atom. The van der Waals surface area contributed by atoms with Gasteiger partial charge in [0.05, 0.1) is 0 Å². The first kappa shape index (κ1) is 10.0. The van der Waals surface area contributed by atoms with E-state index >= 15 is 0 Å². The molecular formula is C12H16N2O. The fourth-order valence-electron chi connectivity index (χ4n) is 1.78. The first-order chi connectivity index (χ1) is 7.16. The number of nitrogens with one attached hydrogen (secondary N) is 1. The van der Waals surface area contributed by atoms with E-state index in [2.05, 4.69) is 37.4 Å². The fourth-order valence-corrected chi connectivity index (χ4v) is 1.78. The largest absolute Gasteiger partial charge is 0.336 e. The maximum Gasteiger partial charge on any atom is 0.317 e. The molecule has 0 bridgehead atoms. The molecule has 15 heavy (non-hydrogen) atoms. The van der Waals surface area contributed by atoms with E-state index in [-0.39, 0.29) is 6.03 Å². The third-order valence-corrected chi connectivity index (χ3v) is 2.89. The molecule has 1 aromatic rings. The van der Waals surface area contributed by atoms with E-state index in [9.17, 15) is 4.79 Å². The molecular weight excluding hydrogens is 188 g/mol. The molecule has 0 aromatic heterocycles. The molecule has 0 spiro atoms. The van der Waals surface area contributed by atoms with Crippen LogP contribution >= 0.6 is 0 Å². The molecule has 0 saturated carbocycles. The van der Waals surface area contributed by atoms with Crippen LogP contribution in [0.1, 0.15) is 16.7 Å². The minimum absolute atomic E-state index is 0.0493. The second-order valence-electron chi connectivity index (χ2n) is 4.07. The Balaban J connectivity index is 2.10.